The quantitative estimate of drug-likeness (QED) is 0.0847. The van der Waals surface area contributed by atoms with Gasteiger partial charge in [0.1, 0.15) is 0 Å². The van der Waals surface area contributed by atoms with E-state index in [1.54, 1.807) is 0 Å². The molecule has 0 heterocycles. The molecule has 0 fully saturated rings. The smallest absolute Gasteiger partial charge is 0.00222 e. The van der Waals surface area contributed by atoms with Crippen molar-refractivity contribution in [2.24, 2.45) is 17.6 Å². The van der Waals surface area contributed by atoms with Crippen LogP contribution in [0.2, 0.25) is 0 Å². The molecule has 0 spiro atoms. The third-order valence-electron chi connectivity index (χ3n) is 7.77. The number of unbranched alkanes of at least 4 members (excludes halogenated alkanes) is 13. The van der Waals surface area contributed by atoms with Gasteiger partial charge in [-0.05, 0) is 84.0 Å². The summed E-state index contributed by atoms with van der Waals surface area (Å²) in [5.74, 6) is 1.76. The lowest BCUT2D eigenvalue weighted by atomic mass is 9.91. The number of rotatable bonds is 28. The van der Waals surface area contributed by atoms with E-state index < -0.39 is 0 Å². The van der Waals surface area contributed by atoms with E-state index in [-0.39, 0.29) is 0 Å². The third kappa shape index (κ3) is 28.0. The fraction of sp³-hybridized carbons (Fsp3) is 0.882. The maximum Gasteiger partial charge on any atom is -0.00222 e. The van der Waals surface area contributed by atoms with E-state index >= 15 is 0 Å². The highest BCUT2D eigenvalue weighted by Crippen LogP contribution is 2.23. The third-order valence-corrected chi connectivity index (χ3v) is 7.77. The lowest BCUT2D eigenvalue weighted by Gasteiger charge is -2.19. The molecule has 0 saturated heterocycles. The molecule has 2 nitrogen and oxygen atoms in total. The Bertz CT molecular complexity index is 468. The first kappa shape index (κ1) is 35.4. The van der Waals surface area contributed by atoms with E-state index in [0.717, 1.165) is 24.8 Å². The zero-order valence-electron chi connectivity index (χ0n) is 25.5. The molecule has 2 atom stereocenters. The van der Waals surface area contributed by atoms with Gasteiger partial charge < -0.3 is 10.6 Å². The molecule has 0 radical (unpaired) electrons. The summed E-state index contributed by atoms with van der Waals surface area (Å²) >= 11 is 0. The summed E-state index contributed by atoms with van der Waals surface area (Å²) in [6.07, 6.45) is 39.7. The lowest BCUT2D eigenvalue weighted by Crippen LogP contribution is -2.17. The summed E-state index contributed by atoms with van der Waals surface area (Å²) in [4.78, 5) is 2.37. The van der Waals surface area contributed by atoms with Gasteiger partial charge in [-0.3, -0.25) is 0 Å². The van der Waals surface area contributed by atoms with E-state index in [9.17, 15) is 0 Å². The largest absolute Gasteiger partial charge is 0.330 e. The van der Waals surface area contributed by atoms with Crippen LogP contribution >= 0.6 is 0 Å². The molecule has 214 valence electrons. The number of hydrogen-bond donors (Lipinski definition) is 1. The van der Waals surface area contributed by atoms with Crippen LogP contribution in [0, 0.1) is 11.8 Å². The van der Waals surface area contributed by atoms with Crippen molar-refractivity contribution in [3.8, 4) is 0 Å². The fourth-order valence-electron chi connectivity index (χ4n) is 5.18. The van der Waals surface area contributed by atoms with Crippen molar-refractivity contribution in [2.45, 2.75) is 155 Å². The molecule has 0 aromatic rings. The van der Waals surface area contributed by atoms with Gasteiger partial charge in [0.2, 0.25) is 0 Å². The molecular weight excluding hydrogens is 436 g/mol. The normalized spacial score (nSPS) is 13.9. The predicted molar refractivity (Wildman–Crippen MR) is 166 cm³/mol. The highest BCUT2D eigenvalue weighted by Gasteiger charge is 2.09. The Kier molecular flexibility index (Phi) is 28.5. The Morgan fingerprint density at radius 3 is 1.61 bits per heavy atom. The molecule has 0 aromatic carbocycles. The minimum absolute atomic E-state index is 0.817. The maximum absolute atomic E-state index is 5.68. The van der Waals surface area contributed by atoms with E-state index in [1.807, 2.05) is 0 Å². The summed E-state index contributed by atoms with van der Waals surface area (Å²) in [5, 5.41) is 0. The molecular formula is C34H68N2. The van der Waals surface area contributed by atoms with Crippen molar-refractivity contribution in [2.75, 3.05) is 27.2 Å². The van der Waals surface area contributed by atoms with Crippen LogP contribution in [0.1, 0.15) is 155 Å². The number of hydrogen-bond acceptors (Lipinski definition) is 2. The second-order valence-electron chi connectivity index (χ2n) is 11.9. The Labute approximate surface area is 229 Å². The average Bonchev–Trinajstić information content (AvgIpc) is 2.86. The Morgan fingerprint density at radius 2 is 1.08 bits per heavy atom. The van der Waals surface area contributed by atoms with E-state index in [4.69, 9.17) is 5.73 Å². The maximum atomic E-state index is 5.68. The van der Waals surface area contributed by atoms with Gasteiger partial charge in [-0.1, -0.05) is 134 Å². The summed E-state index contributed by atoms with van der Waals surface area (Å²) in [6.45, 7) is 6.74. The Balaban J connectivity index is 3.68. The van der Waals surface area contributed by atoms with Crippen molar-refractivity contribution in [3.63, 3.8) is 0 Å². The molecule has 2 unspecified atom stereocenters. The molecule has 2 N–H and O–H groups in total. The van der Waals surface area contributed by atoms with Crippen molar-refractivity contribution < 1.29 is 0 Å². The molecule has 0 bridgehead atoms. The zero-order chi connectivity index (χ0) is 26.5. The first-order valence-corrected chi connectivity index (χ1v) is 16.2. The Morgan fingerprint density at radius 1 is 0.583 bits per heavy atom. The molecule has 36 heavy (non-hydrogen) atoms. The molecule has 0 aliphatic carbocycles. The highest BCUT2D eigenvalue weighted by molar-refractivity contribution is 4.92. The number of nitrogens with zero attached hydrogens (tertiary/aromatic N) is 1. The van der Waals surface area contributed by atoms with Crippen LogP contribution in [-0.4, -0.2) is 32.1 Å². The molecule has 0 amide bonds. The van der Waals surface area contributed by atoms with Crippen molar-refractivity contribution in [3.05, 3.63) is 24.3 Å². The Hall–Kier alpha value is -0.600. The minimum atomic E-state index is 0.817. The molecule has 2 heteroatoms. The van der Waals surface area contributed by atoms with Gasteiger partial charge in [-0.15, -0.1) is 0 Å². The molecule has 0 aliphatic heterocycles. The van der Waals surface area contributed by atoms with Gasteiger partial charge in [0, 0.05) is 0 Å². The summed E-state index contributed by atoms with van der Waals surface area (Å²) in [7, 11) is 4.45. The second-order valence-corrected chi connectivity index (χ2v) is 11.9. The molecule has 0 aromatic heterocycles. The van der Waals surface area contributed by atoms with Crippen molar-refractivity contribution in [1.29, 1.82) is 0 Å². The van der Waals surface area contributed by atoms with Gasteiger partial charge in [-0.2, -0.15) is 0 Å². The van der Waals surface area contributed by atoms with E-state index in [0.29, 0.717) is 0 Å². The minimum Gasteiger partial charge on any atom is -0.330 e. The fourth-order valence-corrected chi connectivity index (χ4v) is 5.18. The zero-order valence-corrected chi connectivity index (χ0v) is 25.5. The van der Waals surface area contributed by atoms with Gasteiger partial charge in [0.15, 0.2) is 0 Å². The lowest BCUT2D eigenvalue weighted by molar-refractivity contribution is 0.313. The number of allylic oxidation sites excluding steroid dienone is 4. The first-order chi connectivity index (χ1) is 17.6. The topological polar surface area (TPSA) is 29.3 Å². The van der Waals surface area contributed by atoms with Gasteiger partial charge >= 0.3 is 0 Å². The van der Waals surface area contributed by atoms with Crippen LogP contribution in [-0.2, 0) is 0 Å². The van der Waals surface area contributed by atoms with Crippen LogP contribution in [0.4, 0.5) is 0 Å². The molecule has 0 saturated carbocycles. The molecule has 0 aliphatic rings. The van der Waals surface area contributed by atoms with Crippen LogP contribution in [0.3, 0.4) is 0 Å². The van der Waals surface area contributed by atoms with Gasteiger partial charge in [-0.25, -0.2) is 0 Å². The van der Waals surface area contributed by atoms with Crippen LogP contribution < -0.4 is 5.73 Å². The number of nitrogens with two attached hydrogens (primary N) is 1. The monoisotopic (exact) mass is 505 g/mol. The van der Waals surface area contributed by atoms with E-state index in [2.05, 4.69) is 57.1 Å². The SMILES string of the molecule is CCCCC/C=C\C/C=C\CCCCCCCCCC(CCCCCCC(C)CCN)CCN(C)C. The van der Waals surface area contributed by atoms with Crippen LogP contribution in [0.5, 0.6) is 0 Å². The first-order valence-electron chi connectivity index (χ1n) is 16.2. The summed E-state index contributed by atoms with van der Waals surface area (Å²) in [6, 6.07) is 0. The standard InChI is InChI=1S/C34H68N2/c1-5-6-7-8-9-10-11-12-13-14-15-16-17-18-19-20-24-27-34(30-32-36(3)4)28-25-22-21-23-26-33(2)29-31-35/h9-10,12-13,33-34H,5-8,11,14-32,35H2,1-4H3/b10-9-,13-12-. The van der Waals surface area contributed by atoms with Gasteiger partial charge in [0.25, 0.3) is 0 Å². The summed E-state index contributed by atoms with van der Waals surface area (Å²) in [5.41, 5.74) is 5.68. The predicted octanol–water partition coefficient (Wildman–Crippen LogP) is 10.5. The average molecular weight is 505 g/mol. The van der Waals surface area contributed by atoms with Crippen molar-refractivity contribution in [1.82, 2.24) is 4.90 Å². The van der Waals surface area contributed by atoms with Gasteiger partial charge in [0.05, 0.1) is 0 Å². The van der Waals surface area contributed by atoms with Crippen LogP contribution in [0.15, 0.2) is 24.3 Å². The summed E-state index contributed by atoms with van der Waals surface area (Å²) < 4.78 is 0. The highest BCUT2D eigenvalue weighted by atomic mass is 15.0. The van der Waals surface area contributed by atoms with E-state index in [1.165, 1.54) is 141 Å². The molecule has 0 rings (SSSR count). The van der Waals surface area contributed by atoms with Crippen molar-refractivity contribution >= 4 is 0 Å². The second kappa shape index (κ2) is 29.0. The van der Waals surface area contributed by atoms with Crippen LogP contribution in [0.25, 0.3) is 0 Å².